The van der Waals surface area contributed by atoms with Gasteiger partial charge in [-0.2, -0.15) is 0 Å². The van der Waals surface area contributed by atoms with Crippen molar-refractivity contribution >= 4 is 5.97 Å². The van der Waals surface area contributed by atoms with Crippen LogP contribution in [0.5, 0.6) is 0 Å². The van der Waals surface area contributed by atoms with E-state index in [2.05, 4.69) is 6.58 Å². The normalized spacial score (nSPS) is 17.7. The molecule has 13 heteroatoms. The van der Waals surface area contributed by atoms with Gasteiger partial charge in [0.2, 0.25) is 0 Å². The Hall–Kier alpha value is -1.23. The van der Waals surface area contributed by atoms with Crippen LogP contribution in [0.1, 0.15) is 55.4 Å². The molecule has 44 heavy (non-hydrogen) atoms. The molecular weight excluding hydrogens is 580 g/mol. The van der Waals surface area contributed by atoms with E-state index in [1.807, 2.05) is 55.4 Å². The van der Waals surface area contributed by atoms with Crippen molar-refractivity contribution in [1.82, 2.24) is 0 Å². The standard InChI is InChI=1S/C28H58O11.C3H4O2/c1-20(10-29)32-11-21(2)33-12-22(3)34-13-23(4)35-14-24(5)36-15-25(6)37-16-26(7)38-17-27(8)39-19-28(30)18-31-9;1-2-3(4)5/h20-30H,10-19H2,1-9H3;2H,1H2,(H,4,5). The lowest BCUT2D eigenvalue weighted by Crippen LogP contribution is -2.30. The van der Waals surface area contributed by atoms with Gasteiger partial charge in [-0.25, -0.2) is 4.79 Å². The van der Waals surface area contributed by atoms with Crippen LogP contribution >= 0.6 is 0 Å². The van der Waals surface area contributed by atoms with Crippen molar-refractivity contribution < 1.29 is 62.7 Å². The fourth-order valence-corrected chi connectivity index (χ4v) is 3.00. The van der Waals surface area contributed by atoms with Crippen molar-refractivity contribution in [3.8, 4) is 0 Å². The second-order valence-electron chi connectivity index (χ2n) is 11.0. The molecule has 0 rings (SSSR count). The lowest BCUT2D eigenvalue weighted by atomic mass is 10.3. The maximum Gasteiger partial charge on any atom is 0.327 e. The van der Waals surface area contributed by atoms with Crippen LogP contribution in [0.15, 0.2) is 12.7 Å². The van der Waals surface area contributed by atoms with E-state index in [1.165, 1.54) is 7.11 Å². The average molecular weight is 643 g/mol. The minimum Gasteiger partial charge on any atom is -0.478 e. The van der Waals surface area contributed by atoms with Gasteiger partial charge >= 0.3 is 5.97 Å². The third-order valence-corrected chi connectivity index (χ3v) is 5.67. The van der Waals surface area contributed by atoms with Gasteiger partial charge in [0.15, 0.2) is 0 Å². The van der Waals surface area contributed by atoms with Gasteiger partial charge in [0, 0.05) is 13.2 Å². The minimum atomic E-state index is -0.981. The molecule has 0 saturated heterocycles. The Morgan fingerprint density at radius 1 is 0.545 bits per heavy atom. The van der Waals surface area contributed by atoms with Crippen molar-refractivity contribution in [2.45, 2.75) is 110 Å². The molecule has 9 unspecified atom stereocenters. The third-order valence-electron chi connectivity index (χ3n) is 5.67. The largest absolute Gasteiger partial charge is 0.478 e. The molecule has 0 heterocycles. The van der Waals surface area contributed by atoms with Gasteiger partial charge in [-0.3, -0.25) is 0 Å². The van der Waals surface area contributed by atoms with Crippen LogP contribution in [0, 0.1) is 0 Å². The number of hydrogen-bond donors (Lipinski definition) is 3. The number of aliphatic carboxylic acids is 1. The molecule has 3 N–H and O–H groups in total. The highest BCUT2D eigenvalue weighted by Crippen LogP contribution is 2.05. The summed E-state index contributed by atoms with van der Waals surface area (Å²) in [6.45, 7) is 22.0. The van der Waals surface area contributed by atoms with Crippen molar-refractivity contribution in [2.24, 2.45) is 0 Å². The van der Waals surface area contributed by atoms with E-state index in [0.29, 0.717) is 46.2 Å². The van der Waals surface area contributed by atoms with E-state index in [4.69, 9.17) is 52.8 Å². The van der Waals surface area contributed by atoms with Gasteiger partial charge in [0.25, 0.3) is 0 Å². The SMILES string of the molecule is C=CC(=O)O.COCC(O)COC(C)COC(C)COC(C)COC(C)COC(C)COC(C)COC(C)COC(C)CO. The maximum absolute atomic E-state index is 9.63. The molecule has 0 saturated carbocycles. The second kappa shape index (κ2) is 29.2. The van der Waals surface area contributed by atoms with Crippen LogP contribution in [0.3, 0.4) is 0 Å². The van der Waals surface area contributed by atoms with Crippen LogP contribution < -0.4 is 0 Å². The predicted molar refractivity (Wildman–Crippen MR) is 166 cm³/mol. The first-order chi connectivity index (χ1) is 20.7. The molecule has 0 bridgehead atoms. The maximum atomic E-state index is 9.63. The molecular formula is C31H62O13. The zero-order chi connectivity index (χ0) is 33.9. The molecule has 0 aliphatic rings. The van der Waals surface area contributed by atoms with Gasteiger partial charge in [0.1, 0.15) is 6.10 Å². The Balaban J connectivity index is 0. The molecule has 264 valence electrons. The summed E-state index contributed by atoms with van der Waals surface area (Å²) >= 11 is 0. The van der Waals surface area contributed by atoms with E-state index >= 15 is 0 Å². The lowest BCUT2D eigenvalue weighted by molar-refractivity contribution is -0.131. The molecule has 9 atom stereocenters. The smallest absolute Gasteiger partial charge is 0.327 e. The fourth-order valence-electron chi connectivity index (χ4n) is 3.00. The molecule has 0 spiro atoms. The van der Waals surface area contributed by atoms with Crippen molar-refractivity contribution in [2.75, 3.05) is 73.2 Å². The van der Waals surface area contributed by atoms with Crippen molar-refractivity contribution in [3.63, 3.8) is 0 Å². The fraction of sp³-hybridized carbons (Fsp3) is 0.903. The van der Waals surface area contributed by atoms with Crippen LogP contribution in [-0.2, 0) is 47.4 Å². The van der Waals surface area contributed by atoms with Gasteiger partial charge in [-0.15, -0.1) is 0 Å². The summed E-state index contributed by atoms with van der Waals surface area (Å²) < 4.78 is 50.8. The Morgan fingerprint density at radius 3 is 0.977 bits per heavy atom. The first-order valence-corrected chi connectivity index (χ1v) is 15.3. The lowest BCUT2D eigenvalue weighted by Gasteiger charge is -2.23. The van der Waals surface area contributed by atoms with Crippen molar-refractivity contribution in [1.29, 1.82) is 0 Å². The quantitative estimate of drug-likeness (QED) is 0.107. The number of carboxylic acids is 1. The number of carboxylic acid groups (broad SMARTS) is 1. The summed E-state index contributed by atoms with van der Waals surface area (Å²) in [5, 5.41) is 26.2. The molecule has 0 aromatic carbocycles. The summed E-state index contributed by atoms with van der Waals surface area (Å²) in [6.07, 6.45) is -0.623. The number of carbonyl (C=O) groups is 1. The highest BCUT2D eigenvalue weighted by atomic mass is 16.6. The van der Waals surface area contributed by atoms with Crippen LogP contribution in [-0.4, -0.2) is 149 Å². The number of methoxy groups -OCH3 is 1. The third kappa shape index (κ3) is 30.8. The van der Waals surface area contributed by atoms with E-state index in [1.54, 1.807) is 0 Å². The summed E-state index contributed by atoms with van der Waals surface area (Å²) in [5.41, 5.74) is 0. The van der Waals surface area contributed by atoms with Crippen LogP contribution in [0.4, 0.5) is 0 Å². The monoisotopic (exact) mass is 642 g/mol. The molecule has 0 aromatic heterocycles. The topological polar surface area (TPSA) is 161 Å². The molecule has 0 fully saturated rings. The van der Waals surface area contributed by atoms with Gasteiger partial charge in [-0.1, -0.05) is 6.58 Å². The molecule has 0 radical (unpaired) electrons. The summed E-state index contributed by atoms with van der Waals surface area (Å²) in [7, 11) is 1.54. The van der Waals surface area contributed by atoms with E-state index in [-0.39, 0.29) is 68.7 Å². The van der Waals surface area contributed by atoms with Gasteiger partial charge < -0.3 is 58.0 Å². The van der Waals surface area contributed by atoms with Crippen LogP contribution in [0.25, 0.3) is 0 Å². The van der Waals surface area contributed by atoms with Crippen molar-refractivity contribution in [3.05, 3.63) is 12.7 Å². The van der Waals surface area contributed by atoms with Gasteiger partial charge in [0.05, 0.1) is 115 Å². The second-order valence-corrected chi connectivity index (χ2v) is 11.0. The number of aliphatic hydroxyl groups excluding tert-OH is 2. The molecule has 0 amide bonds. The molecule has 0 aromatic rings. The number of hydrogen-bond acceptors (Lipinski definition) is 12. The number of ether oxygens (including phenoxy) is 9. The zero-order valence-electron chi connectivity index (χ0n) is 28.5. The molecule has 13 nitrogen and oxygen atoms in total. The highest BCUT2D eigenvalue weighted by Gasteiger charge is 2.15. The summed E-state index contributed by atoms with van der Waals surface area (Å²) in [6, 6.07) is 0. The van der Waals surface area contributed by atoms with Gasteiger partial charge in [-0.05, 0) is 55.4 Å². The number of aliphatic hydroxyl groups is 2. The summed E-state index contributed by atoms with van der Waals surface area (Å²) in [5.74, 6) is -0.981. The zero-order valence-corrected chi connectivity index (χ0v) is 28.5. The van der Waals surface area contributed by atoms with E-state index in [0.717, 1.165) is 6.08 Å². The molecule has 0 aliphatic heterocycles. The first-order valence-electron chi connectivity index (χ1n) is 15.3. The molecule has 0 aliphatic carbocycles. The summed E-state index contributed by atoms with van der Waals surface area (Å²) in [4.78, 5) is 9.25. The Morgan fingerprint density at radius 2 is 0.773 bits per heavy atom. The number of rotatable bonds is 28. The highest BCUT2D eigenvalue weighted by molar-refractivity contribution is 5.78. The predicted octanol–water partition coefficient (Wildman–Crippen LogP) is 2.48. The minimum absolute atomic E-state index is 0.00388. The van der Waals surface area contributed by atoms with E-state index < -0.39 is 12.1 Å². The average Bonchev–Trinajstić information content (AvgIpc) is 3.00. The Bertz CT molecular complexity index is 668. The van der Waals surface area contributed by atoms with Crippen LogP contribution in [0.2, 0.25) is 0 Å². The Kier molecular flexibility index (Phi) is 29.8. The first kappa shape index (κ1) is 44.9. The Labute approximate surface area is 265 Å². The van der Waals surface area contributed by atoms with E-state index in [9.17, 15) is 9.90 Å².